The SMILES string of the molecule is CNS(=O)(=O)c1cc(C(=O)NCC2(C(=O)O)CCCCC2)c(C)o1. The number of carbonyl (C=O) groups excluding carboxylic acids is 1. The molecule has 3 N–H and O–H groups in total. The highest BCUT2D eigenvalue weighted by molar-refractivity contribution is 7.89. The van der Waals surface area contributed by atoms with Crippen molar-refractivity contribution in [3.05, 3.63) is 17.4 Å². The number of rotatable bonds is 6. The van der Waals surface area contributed by atoms with Gasteiger partial charge in [-0.3, -0.25) is 9.59 Å². The van der Waals surface area contributed by atoms with Gasteiger partial charge in [-0.2, -0.15) is 0 Å². The molecule has 1 aromatic heterocycles. The Morgan fingerprint density at radius 3 is 2.46 bits per heavy atom. The molecule has 9 heteroatoms. The van der Waals surface area contributed by atoms with E-state index in [2.05, 4.69) is 10.0 Å². The van der Waals surface area contributed by atoms with E-state index in [0.29, 0.717) is 12.8 Å². The summed E-state index contributed by atoms with van der Waals surface area (Å²) in [5, 5.41) is 11.8. The van der Waals surface area contributed by atoms with Crippen molar-refractivity contribution in [3.63, 3.8) is 0 Å². The molecule has 0 atom stereocenters. The Bertz CT molecular complexity index is 731. The van der Waals surface area contributed by atoms with Gasteiger partial charge in [-0.15, -0.1) is 0 Å². The lowest BCUT2D eigenvalue weighted by Crippen LogP contribution is -2.44. The third-order valence-corrected chi connectivity index (χ3v) is 5.79. The van der Waals surface area contributed by atoms with Crippen LogP contribution in [0, 0.1) is 12.3 Å². The van der Waals surface area contributed by atoms with Gasteiger partial charge in [-0.25, -0.2) is 13.1 Å². The van der Waals surface area contributed by atoms with Gasteiger partial charge >= 0.3 is 5.97 Å². The lowest BCUT2D eigenvalue weighted by atomic mass is 9.74. The second-order valence-electron chi connectivity index (χ2n) is 6.07. The van der Waals surface area contributed by atoms with Crippen LogP contribution < -0.4 is 10.0 Å². The van der Waals surface area contributed by atoms with Crippen LogP contribution in [0.1, 0.15) is 48.2 Å². The van der Waals surface area contributed by atoms with Gasteiger partial charge in [0.15, 0.2) is 0 Å². The van der Waals surface area contributed by atoms with Crippen molar-refractivity contribution in [2.45, 2.75) is 44.1 Å². The molecular weight excluding hydrogens is 336 g/mol. The molecule has 2 rings (SSSR count). The Labute approximate surface area is 140 Å². The van der Waals surface area contributed by atoms with E-state index >= 15 is 0 Å². The number of furan rings is 1. The number of aliphatic carboxylic acids is 1. The number of sulfonamides is 1. The Morgan fingerprint density at radius 1 is 1.29 bits per heavy atom. The number of carboxylic acids is 1. The number of carbonyl (C=O) groups is 2. The molecule has 1 aliphatic carbocycles. The monoisotopic (exact) mass is 358 g/mol. The molecule has 0 aliphatic heterocycles. The summed E-state index contributed by atoms with van der Waals surface area (Å²) in [5.41, 5.74) is -0.869. The molecule has 1 amide bonds. The van der Waals surface area contributed by atoms with Gasteiger partial charge in [0.05, 0.1) is 11.0 Å². The van der Waals surface area contributed by atoms with Crippen molar-refractivity contribution in [2.24, 2.45) is 5.41 Å². The predicted octanol–water partition coefficient (Wildman–Crippen LogP) is 1.26. The largest absolute Gasteiger partial charge is 0.481 e. The molecule has 0 bridgehead atoms. The number of nitrogens with one attached hydrogen (secondary N) is 2. The molecule has 134 valence electrons. The average Bonchev–Trinajstić information content (AvgIpc) is 2.96. The molecule has 1 fully saturated rings. The highest BCUT2D eigenvalue weighted by Gasteiger charge is 2.40. The third kappa shape index (κ3) is 3.62. The van der Waals surface area contributed by atoms with Crippen molar-refractivity contribution in [1.82, 2.24) is 10.0 Å². The van der Waals surface area contributed by atoms with E-state index in [1.54, 1.807) is 0 Å². The molecular formula is C15H22N2O6S. The summed E-state index contributed by atoms with van der Waals surface area (Å²) in [6, 6.07) is 1.14. The summed E-state index contributed by atoms with van der Waals surface area (Å²) >= 11 is 0. The van der Waals surface area contributed by atoms with E-state index in [0.717, 1.165) is 25.3 Å². The molecule has 8 nitrogen and oxygen atoms in total. The van der Waals surface area contributed by atoms with Gasteiger partial charge in [-0.1, -0.05) is 19.3 Å². The molecule has 1 saturated carbocycles. The smallest absolute Gasteiger partial charge is 0.311 e. The van der Waals surface area contributed by atoms with E-state index in [-0.39, 0.29) is 23.0 Å². The van der Waals surface area contributed by atoms with Crippen LogP contribution in [0.3, 0.4) is 0 Å². The number of hydrogen-bond acceptors (Lipinski definition) is 5. The molecule has 1 aliphatic rings. The van der Waals surface area contributed by atoms with Gasteiger partial charge in [0, 0.05) is 12.6 Å². The van der Waals surface area contributed by atoms with Crippen LogP contribution in [0.4, 0.5) is 0 Å². The van der Waals surface area contributed by atoms with E-state index in [1.165, 1.54) is 14.0 Å². The van der Waals surface area contributed by atoms with E-state index in [1.807, 2.05) is 0 Å². The quantitative estimate of drug-likeness (QED) is 0.703. The summed E-state index contributed by atoms with van der Waals surface area (Å²) in [4.78, 5) is 23.9. The highest BCUT2D eigenvalue weighted by Crippen LogP contribution is 2.36. The van der Waals surface area contributed by atoms with Crippen molar-refractivity contribution in [2.75, 3.05) is 13.6 Å². The number of aryl methyl sites for hydroxylation is 1. The minimum atomic E-state index is -3.79. The van der Waals surface area contributed by atoms with Gasteiger partial charge in [0.1, 0.15) is 5.76 Å². The summed E-state index contributed by atoms with van der Waals surface area (Å²) in [6.07, 6.45) is 3.67. The molecule has 0 unspecified atom stereocenters. The van der Waals surface area contributed by atoms with Crippen molar-refractivity contribution in [1.29, 1.82) is 0 Å². The summed E-state index contributed by atoms with van der Waals surface area (Å²) < 4.78 is 30.7. The topological polar surface area (TPSA) is 126 Å². The normalized spacial score (nSPS) is 17.4. The Hall–Kier alpha value is -1.87. The first-order valence-corrected chi connectivity index (χ1v) is 9.26. The Morgan fingerprint density at radius 2 is 1.92 bits per heavy atom. The van der Waals surface area contributed by atoms with E-state index < -0.39 is 27.3 Å². The maximum atomic E-state index is 12.3. The summed E-state index contributed by atoms with van der Waals surface area (Å²) in [6.45, 7) is 1.50. The van der Waals surface area contributed by atoms with Gasteiger partial charge in [-0.05, 0) is 26.8 Å². The number of amides is 1. The van der Waals surface area contributed by atoms with Gasteiger partial charge in [0.25, 0.3) is 15.9 Å². The van der Waals surface area contributed by atoms with Crippen LogP contribution >= 0.6 is 0 Å². The zero-order valence-electron chi connectivity index (χ0n) is 13.7. The number of carboxylic acid groups (broad SMARTS) is 1. The molecule has 1 aromatic rings. The maximum absolute atomic E-state index is 12.3. The van der Waals surface area contributed by atoms with Crippen LogP contribution in [-0.2, 0) is 14.8 Å². The molecule has 1 heterocycles. The fourth-order valence-corrected chi connectivity index (χ4v) is 3.66. The fraction of sp³-hybridized carbons (Fsp3) is 0.600. The molecule has 24 heavy (non-hydrogen) atoms. The minimum Gasteiger partial charge on any atom is -0.481 e. The van der Waals surface area contributed by atoms with E-state index in [4.69, 9.17) is 4.42 Å². The van der Waals surface area contributed by atoms with Gasteiger partial charge in [0.2, 0.25) is 5.09 Å². The summed E-state index contributed by atoms with van der Waals surface area (Å²) in [5.74, 6) is -1.29. The zero-order chi connectivity index (χ0) is 18.0. The van der Waals surface area contributed by atoms with Crippen LogP contribution in [0.5, 0.6) is 0 Å². The summed E-state index contributed by atoms with van der Waals surface area (Å²) in [7, 11) is -2.54. The third-order valence-electron chi connectivity index (χ3n) is 4.53. The van der Waals surface area contributed by atoms with Crippen LogP contribution in [0.15, 0.2) is 15.6 Å². The Kier molecular flexibility index (Phi) is 5.34. The highest BCUT2D eigenvalue weighted by atomic mass is 32.2. The number of hydrogen-bond donors (Lipinski definition) is 3. The second-order valence-corrected chi connectivity index (χ2v) is 7.89. The second kappa shape index (κ2) is 6.94. The first-order valence-electron chi connectivity index (χ1n) is 7.77. The lowest BCUT2D eigenvalue weighted by molar-refractivity contribution is -0.150. The van der Waals surface area contributed by atoms with Crippen molar-refractivity contribution in [3.8, 4) is 0 Å². The average molecular weight is 358 g/mol. The van der Waals surface area contributed by atoms with Crippen molar-refractivity contribution >= 4 is 21.9 Å². The van der Waals surface area contributed by atoms with Gasteiger partial charge < -0.3 is 14.8 Å². The minimum absolute atomic E-state index is 0.0138. The lowest BCUT2D eigenvalue weighted by Gasteiger charge is -2.33. The Balaban J connectivity index is 2.14. The van der Waals surface area contributed by atoms with Crippen molar-refractivity contribution < 1.29 is 27.5 Å². The standard InChI is InChI=1S/C15H22N2O6S/c1-10-11(8-12(23-10)24(21,22)16-2)13(18)17-9-15(14(19)20)6-4-3-5-7-15/h8,16H,3-7,9H2,1-2H3,(H,17,18)(H,19,20). The van der Waals surface area contributed by atoms with E-state index in [9.17, 15) is 23.1 Å². The molecule has 0 saturated heterocycles. The first-order chi connectivity index (χ1) is 11.2. The molecule has 0 aromatic carbocycles. The first kappa shape index (κ1) is 18.5. The van der Waals surface area contributed by atoms with Crippen LogP contribution in [0.2, 0.25) is 0 Å². The zero-order valence-corrected chi connectivity index (χ0v) is 14.5. The van der Waals surface area contributed by atoms with Crippen LogP contribution in [0.25, 0.3) is 0 Å². The van der Waals surface area contributed by atoms with Crippen LogP contribution in [-0.4, -0.2) is 39.0 Å². The maximum Gasteiger partial charge on any atom is 0.311 e. The molecule has 0 spiro atoms. The predicted molar refractivity (Wildman–Crippen MR) is 85.2 cm³/mol. The fourth-order valence-electron chi connectivity index (χ4n) is 2.95. The molecule has 0 radical (unpaired) electrons.